The largest absolute Gasteiger partial charge is 0.313 e. The maximum atomic E-state index is 3.56. The second kappa shape index (κ2) is 6.41. The minimum absolute atomic E-state index is 0.649. The predicted molar refractivity (Wildman–Crippen MR) is 62.6 cm³/mol. The average molecular weight is 198 g/mol. The lowest BCUT2D eigenvalue weighted by molar-refractivity contribution is 0.147. The van der Waals surface area contributed by atoms with Crippen molar-refractivity contribution in [1.82, 2.24) is 10.2 Å². The normalized spacial score (nSPS) is 26.4. The van der Waals surface area contributed by atoms with Gasteiger partial charge in [-0.25, -0.2) is 0 Å². The van der Waals surface area contributed by atoms with Crippen molar-refractivity contribution in [3.8, 4) is 0 Å². The van der Waals surface area contributed by atoms with Crippen LogP contribution in [-0.2, 0) is 0 Å². The van der Waals surface area contributed by atoms with Gasteiger partial charge in [-0.2, -0.15) is 0 Å². The van der Waals surface area contributed by atoms with Crippen LogP contribution in [0.2, 0.25) is 0 Å². The van der Waals surface area contributed by atoms with Crippen LogP contribution in [0.25, 0.3) is 0 Å². The summed E-state index contributed by atoms with van der Waals surface area (Å²) in [5.41, 5.74) is 0. The van der Waals surface area contributed by atoms with Gasteiger partial charge in [0.2, 0.25) is 0 Å². The van der Waals surface area contributed by atoms with Crippen molar-refractivity contribution in [2.24, 2.45) is 0 Å². The summed E-state index contributed by atoms with van der Waals surface area (Å²) >= 11 is 0. The van der Waals surface area contributed by atoms with Crippen LogP contribution >= 0.6 is 0 Å². The van der Waals surface area contributed by atoms with E-state index in [4.69, 9.17) is 0 Å². The third-order valence-corrected chi connectivity index (χ3v) is 3.19. The van der Waals surface area contributed by atoms with E-state index < -0.39 is 0 Å². The van der Waals surface area contributed by atoms with Gasteiger partial charge in [-0.1, -0.05) is 13.3 Å². The Morgan fingerprint density at radius 2 is 2.21 bits per heavy atom. The molecule has 84 valence electrons. The summed E-state index contributed by atoms with van der Waals surface area (Å²) in [6.45, 7) is 10.6. The fourth-order valence-corrected chi connectivity index (χ4v) is 2.24. The zero-order chi connectivity index (χ0) is 10.4. The van der Waals surface area contributed by atoms with Crippen LogP contribution in [0.3, 0.4) is 0 Å². The Morgan fingerprint density at radius 3 is 2.86 bits per heavy atom. The number of nitrogens with zero attached hydrogens (tertiary/aromatic N) is 1. The number of rotatable bonds is 5. The summed E-state index contributed by atoms with van der Waals surface area (Å²) in [6.07, 6.45) is 5.44. The molecule has 1 N–H and O–H groups in total. The molecule has 2 heteroatoms. The lowest BCUT2D eigenvalue weighted by atomic mass is 10.0. The quantitative estimate of drug-likeness (QED) is 0.729. The van der Waals surface area contributed by atoms with E-state index in [9.17, 15) is 0 Å². The van der Waals surface area contributed by atoms with E-state index in [0.29, 0.717) is 6.04 Å². The van der Waals surface area contributed by atoms with Gasteiger partial charge in [0.05, 0.1) is 0 Å². The van der Waals surface area contributed by atoms with E-state index >= 15 is 0 Å². The topological polar surface area (TPSA) is 15.3 Å². The van der Waals surface area contributed by atoms with E-state index in [1.165, 1.54) is 38.8 Å². The maximum Gasteiger partial charge on any atom is 0.0166 e. The molecule has 0 saturated carbocycles. The molecule has 0 aromatic rings. The number of piperidine rings is 1. The highest BCUT2D eigenvalue weighted by Crippen LogP contribution is 2.16. The molecule has 0 aromatic carbocycles. The van der Waals surface area contributed by atoms with Crippen molar-refractivity contribution >= 4 is 0 Å². The Balaban J connectivity index is 2.20. The Hall–Kier alpha value is -0.0800. The third-order valence-electron chi connectivity index (χ3n) is 3.19. The van der Waals surface area contributed by atoms with Crippen molar-refractivity contribution in [1.29, 1.82) is 0 Å². The highest BCUT2D eigenvalue weighted by atomic mass is 15.2. The summed E-state index contributed by atoms with van der Waals surface area (Å²) in [7, 11) is 0. The molecule has 2 nitrogen and oxygen atoms in total. The van der Waals surface area contributed by atoms with Gasteiger partial charge in [-0.3, -0.25) is 4.90 Å². The molecule has 2 unspecified atom stereocenters. The Morgan fingerprint density at radius 1 is 1.43 bits per heavy atom. The minimum atomic E-state index is 0.649. The third kappa shape index (κ3) is 3.97. The molecule has 1 fully saturated rings. The second-order valence-electron chi connectivity index (χ2n) is 4.69. The molecular weight excluding hydrogens is 172 g/mol. The van der Waals surface area contributed by atoms with Gasteiger partial charge in [0.1, 0.15) is 0 Å². The first-order valence-electron chi connectivity index (χ1n) is 6.21. The van der Waals surface area contributed by atoms with Crippen LogP contribution in [0.1, 0.15) is 46.5 Å². The first kappa shape index (κ1) is 12.0. The standard InChI is InChI=1S/C12H26N2/c1-4-8-13-11(2)10-14-9-6-5-7-12(14)3/h11-13H,4-10H2,1-3H3. The summed E-state index contributed by atoms with van der Waals surface area (Å²) in [6, 6.07) is 1.45. The number of hydrogen-bond donors (Lipinski definition) is 1. The smallest absolute Gasteiger partial charge is 0.0166 e. The second-order valence-corrected chi connectivity index (χ2v) is 4.69. The van der Waals surface area contributed by atoms with E-state index in [1.54, 1.807) is 0 Å². The van der Waals surface area contributed by atoms with Crippen molar-refractivity contribution in [3.63, 3.8) is 0 Å². The minimum Gasteiger partial charge on any atom is -0.313 e. The van der Waals surface area contributed by atoms with Crippen LogP contribution in [0, 0.1) is 0 Å². The predicted octanol–water partition coefficient (Wildman–Crippen LogP) is 2.25. The van der Waals surface area contributed by atoms with Gasteiger partial charge < -0.3 is 5.32 Å². The van der Waals surface area contributed by atoms with Crippen LogP contribution < -0.4 is 5.32 Å². The molecule has 0 amide bonds. The van der Waals surface area contributed by atoms with Gasteiger partial charge in [0.15, 0.2) is 0 Å². The molecule has 0 aliphatic carbocycles. The number of hydrogen-bond acceptors (Lipinski definition) is 2. The summed E-state index contributed by atoms with van der Waals surface area (Å²) in [5, 5.41) is 3.56. The van der Waals surface area contributed by atoms with Gasteiger partial charge in [-0.15, -0.1) is 0 Å². The molecule has 0 radical (unpaired) electrons. The van der Waals surface area contributed by atoms with E-state index in [-0.39, 0.29) is 0 Å². The molecule has 14 heavy (non-hydrogen) atoms. The van der Waals surface area contributed by atoms with Gasteiger partial charge in [-0.05, 0) is 46.2 Å². The van der Waals surface area contributed by atoms with Gasteiger partial charge in [0.25, 0.3) is 0 Å². The first-order valence-corrected chi connectivity index (χ1v) is 6.21. The zero-order valence-corrected chi connectivity index (χ0v) is 10.1. The van der Waals surface area contributed by atoms with Gasteiger partial charge >= 0.3 is 0 Å². The summed E-state index contributed by atoms with van der Waals surface area (Å²) in [4.78, 5) is 2.64. The van der Waals surface area contributed by atoms with Crippen molar-refractivity contribution in [2.75, 3.05) is 19.6 Å². The Bertz CT molecular complexity index is 147. The lowest BCUT2D eigenvalue weighted by Crippen LogP contribution is -2.45. The first-order chi connectivity index (χ1) is 6.74. The molecule has 1 aliphatic rings. The molecule has 1 heterocycles. The molecule has 0 spiro atoms. The fraction of sp³-hybridized carbons (Fsp3) is 1.00. The average Bonchev–Trinajstić information content (AvgIpc) is 2.18. The Labute approximate surface area is 89.1 Å². The molecule has 2 atom stereocenters. The molecule has 0 bridgehead atoms. The summed E-state index contributed by atoms with van der Waals surface area (Å²) in [5.74, 6) is 0. The Kier molecular flexibility index (Phi) is 5.49. The van der Waals surface area contributed by atoms with E-state index in [0.717, 1.165) is 12.6 Å². The molecule has 1 aliphatic heterocycles. The molecular formula is C12H26N2. The lowest BCUT2D eigenvalue weighted by Gasteiger charge is -2.35. The van der Waals surface area contributed by atoms with Crippen LogP contribution in [-0.4, -0.2) is 36.6 Å². The van der Waals surface area contributed by atoms with Crippen molar-refractivity contribution in [2.45, 2.75) is 58.5 Å². The SMILES string of the molecule is CCCNC(C)CN1CCCCC1C. The fourth-order valence-electron chi connectivity index (χ4n) is 2.24. The van der Waals surface area contributed by atoms with E-state index in [1.807, 2.05) is 0 Å². The molecule has 1 saturated heterocycles. The van der Waals surface area contributed by atoms with Crippen LogP contribution in [0.4, 0.5) is 0 Å². The van der Waals surface area contributed by atoms with Crippen molar-refractivity contribution in [3.05, 3.63) is 0 Å². The highest BCUT2D eigenvalue weighted by Gasteiger charge is 2.19. The van der Waals surface area contributed by atoms with Crippen molar-refractivity contribution < 1.29 is 0 Å². The summed E-state index contributed by atoms with van der Waals surface area (Å²) < 4.78 is 0. The number of likely N-dealkylation sites (tertiary alicyclic amines) is 1. The van der Waals surface area contributed by atoms with E-state index in [2.05, 4.69) is 31.0 Å². The van der Waals surface area contributed by atoms with Gasteiger partial charge in [0, 0.05) is 18.6 Å². The molecule has 1 rings (SSSR count). The highest BCUT2D eigenvalue weighted by molar-refractivity contribution is 4.76. The number of nitrogens with one attached hydrogen (secondary N) is 1. The zero-order valence-electron chi connectivity index (χ0n) is 10.1. The molecule has 0 aromatic heterocycles. The van der Waals surface area contributed by atoms with Crippen LogP contribution in [0.15, 0.2) is 0 Å². The monoisotopic (exact) mass is 198 g/mol. The maximum absolute atomic E-state index is 3.56. The van der Waals surface area contributed by atoms with Crippen LogP contribution in [0.5, 0.6) is 0 Å².